The number of hydrogen-bond donors (Lipinski definition) is 2. The first-order valence-electron chi connectivity index (χ1n) is 5.75. The second-order valence-corrected chi connectivity index (χ2v) is 4.93. The van der Waals surface area contributed by atoms with Crippen LogP contribution in [0.3, 0.4) is 0 Å². The van der Waals surface area contributed by atoms with E-state index in [1.165, 1.54) is 6.20 Å². The van der Waals surface area contributed by atoms with Crippen molar-refractivity contribution in [1.82, 2.24) is 15.5 Å². The lowest BCUT2D eigenvalue weighted by Gasteiger charge is -2.15. The summed E-state index contributed by atoms with van der Waals surface area (Å²) in [6.07, 6.45) is 3.05. The Balaban J connectivity index is 2.09. The highest BCUT2D eigenvalue weighted by Gasteiger charge is 2.13. The lowest BCUT2D eigenvalue weighted by molar-refractivity contribution is 0.0940. The van der Waals surface area contributed by atoms with Gasteiger partial charge in [0.2, 0.25) is 0 Å². The van der Waals surface area contributed by atoms with Gasteiger partial charge < -0.3 is 10.1 Å². The molecule has 0 bridgehead atoms. The second kappa shape index (κ2) is 5.88. The van der Waals surface area contributed by atoms with Gasteiger partial charge in [0, 0.05) is 6.20 Å². The zero-order valence-corrected chi connectivity index (χ0v) is 12.2. The van der Waals surface area contributed by atoms with Crippen molar-refractivity contribution in [3.63, 3.8) is 0 Å². The number of halogens is 1. The molecule has 1 heterocycles. The number of rotatable bonds is 4. The predicted octanol–water partition coefficient (Wildman–Crippen LogP) is 2.67. The molecule has 0 radical (unpaired) electrons. The number of aromatic amines is 1. The third-order valence-electron chi connectivity index (χ3n) is 2.78. The van der Waals surface area contributed by atoms with Crippen LogP contribution in [0.15, 0.2) is 35.1 Å². The van der Waals surface area contributed by atoms with E-state index in [-0.39, 0.29) is 11.9 Å². The molecule has 0 fully saturated rings. The number of aromatic nitrogens is 2. The van der Waals surface area contributed by atoms with Crippen LogP contribution in [0.1, 0.15) is 28.9 Å². The molecule has 19 heavy (non-hydrogen) atoms. The van der Waals surface area contributed by atoms with Crippen LogP contribution in [0.2, 0.25) is 0 Å². The fraction of sp³-hybridized carbons (Fsp3) is 0.231. The molecule has 2 N–H and O–H groups in total. The van der Waals surface area contributed by atoms with Gasteiger partial charge in [0.25, 0.3) is 5.91 Å². The van der Waals surface area contributed by atoms with Crippen molar-refractivity contribution in [2.75, 3.05) is 7.11 Å². The molecule has 1 amide bonds. The Bertz CT molecular complexity index is 569. The number of carbonyl (C=O) groups excluding carboxylic acids is 1. The van der Waals surface area contributed by atoms with E-state index in [1.807, 2.05) is 25.1 Å². The van der Waals surface area contributed by atoms with Crippen LogP contribution in [0, 0.1) is 0 Å². The Hall–Kier alpha value is -1.82. The van der Waals surface area contributed by atoms with Gasteiger partial charge in [-0.05, 0) is 40.5 Å². The minimum absolute atomic E-state index is 0.107. The summed E-state index contributed by atoms with van der Waals surface area (Å²) in [5.74, 6) is 0.602. The molecule has 1 atom stereocenters. The SMILES string of the molecule is COc1ccc(C(C)NC(=O)c2cn[nH]c2)cc1Br. The summed E-state index contributed by atoms with van der Waals surface area (Å²) < 4.78 is 6.03. The Kier molecular flexibility index (Phi) is 4.21. The maximum Gasteiger partial charge on any atom is 0.254 e. The van der Waals surface area contributed by atoms with Crippen LogP contribution >= 0.6 is 15.9 Å². The topological polar surface area (TPSA) is 67.0 Å². The standard InChI is InChI=1S/C13H14BrN3O2/c1-8(17-13(18)10-6-15-16-7-10)9-3-4-12(19-2)11(14)5-9/h3-8H,1-2H3,(H,15,16)(H,17,18). The maximum atomic E-state index is 11.9. The minimum atomic E-state index is -0.159. The second-order valence-electron chi connectivity index (χ2n) is 4.08. The van der Waals surface area contributed by atoms with Crippen molar-refractivity contribution >= 4 is 21.8 Å². The average Bonchev–Trinajstić information content (AvgIpc) is 2.92. The molecule has 0 saturated heterocycles. The summed E-state index contributed by atoms with van der Waals surface area (Å²) in [5.41, 5.74) is 1.50. The summed E-state index contributed by atoms with van der Waals surface area (Å²) in [4.78, 5) is 11.9. The normalized spacial score (nSPS) is 11.9. The summed E-state index contributed by atoms with van der Waals surface area (Å²) in [6, 6.07) is 5.60. The van der Waals surface area contributed by atoms with E-state index >= 15 is 0 Å². The molecule has 0 aliphatic heterocycles. The fourth-order valence-electron chi connectivity index (χ4n) is 1.69. The van der Waals surface area contributed by atoms with Crippen LogP contribution in [0.5, 0.6) is 5.75 Å². The van der Waals surface area contributed by atoms with Gasteiger partial charge in [0.15, 0.2) is 0 Å². The smallest absolute Gasteiger partial charge is 0.254 e. The van der Waals surface area contributed by atoms with Gasteiger partial charge in [-0.2, -0.15) is 5.10 Å². The van der Waals surface area contributed by atoms with E-state index in [9.17, 15) is 4.79 Å². The Morgan fingerprint density at radius 3 is 2.89 bits per heavy atom. The number of H-pyrrole nitrogens is 1. The van der Waals surface area contributed by atoms with Gasteiger partial charge in [0.1, 0.15) is 5.75 Å². The number of nitrogens with one attached hydrogen (secondary N) is 2. The van der Waals surface area contributed by atoms with Crippen molar-refractivity contribution in [1.29, 1.82) is 0 Å². The van der Waals surface area contributed by atoms with Crippen molar-refractivity contribution in [2.24, 2.45) is 0 Å². The molecule has 0 aliphatic rings. The quantitative estimate of drug-likeness (QED) is 0.909. The lowest BCUT2D eigenvalue weighted by Crippen LogP contribution is -2.26. The van der Waals surface area contributed by atoms with Crippen LogP contribution in [0.25, 0.3) is 0 Å². The van der Waals surface area contributed by atoms with Crippen molar-refractivity contribution in [3.8, 4) is 5.75 Å². The van der Waals surface area contributed by atoms with Gasteiger partial charge in [-0.15, -0.1) is 0 Å². The number of amides is 1. The summed E-state index contributed by atoms with van der Waals surface area (Å²) in [5, 5.41) is 9.27. The molecule has 0 aliphatic carbocycles. The largest absolute Gasteiger partial charge is 0.496 e. The summed E-state index contributed by atoms with van der Waals surface area (Å²) in [7, 11) is 1.61. The van der Waals surface area contributed by atoms with Gasteiger partial charge in [0.05, 0.1) is 29.4 Å². The maximum absolute atomic E-state index is 11.9. The number of methoxy groups -OCH3 is 1. The summed E-state index contributed by atoms with van der Waals surface area (Å²) >= 11 is 3.43. The van der Waals surface area contributed by atoms with E-state index in [0.29, 0.717) is 5.56 Å². The molecule has 1 unspecified atom stereocenters. The molecule has 1 aromatic carbocycles. The van der Waals surface area contributed by atoms with Crippen molar-refractivity contribution in [3.05, 3.63) is 46.2 Å². The van der Waals surface area contributed by atoms with Crippen LogP contribution in [-0.4, -0.2) is 23.2 Å². The number of hydrogen-bond acceptors (Lipinski definition) is 3. The number of benzene rings is 1. The van der Waals surface area contributed by atoms with Crippen LogP contribution in [-0.2, 0) is 0 Å². The molecule has 5 nitrogen and oxygen atoms in total. The van der Waals surface area contributed by atoms with E-state index in [1.54, 1.807) is 13.3 Å². The average molecular weight is 324 g/mol. The fourth-order valence-corrected chi connectivity index (χ4v) is 2.25. The Morgan fingerprint density at radius 1 is 1.53 bits per heavy atom. The third kappa shape index (κ3) is 3.14. The predicted molar refractivity (Wildman–Crippen MR) is 75.2 cm³/mol. The molecule has 100 valence electrons. The lowest BCUT2D eigenvalue weighted by atomic mass is 10.1. The number of nitrogens with zero attached hydrogens (tertiary/aromatic N) is 1. The highest BCUT2D eigenvalue weighted by molar-refractivity contribution is 9.10. The first-order chi connectivity index (χ1) is 9.11. The molecule has 0 saturated carbocycles. The zero-order chi connectivity index (χ0) is 13.8. The molecule has 1 aromatic heterocycles. The zero-order valence-electron chi connectivity index (χ0n) is 10.6. The highest BCUT2D eigenvalue weighted by Crippen LogP contribution is 2.28. The number of ether oxygens (including phenoxy) is 1. The summed E-state index contributed by atoms with van der Waals surface area (Å²) in [6.45, 7) is 1.92. The van der Waals surface area contributed by atoms with Crippen LogP contribution < -0.4 is 10.1 Å². The van der Waals surface area contributed by atoms with Crippen molar-refractivity contribution < 1.29 is 9.53 Å². The Morgan fingerprint density at radius 2 is 2.32 bits per heavy atom. The molecule has 6 heteroatoms. The molecular weight excluding hydrogens is 310 g/mol. The third-order valence-corrected chi connectivity index (χ3v) is 3.40. The first-order valence-corrected chi connectivity index (χ1v) is 6.54. The molecular formula is C13H14BrN3O2. The monoisotopic (exact) mass is 323 g/mol. The molecule has 2 aromatic rings. The minimum Gasteiger partial charge on any atom is -0.496 e. The van der Waals surface area contributed by atoms with E-state index in [2.05, 4.69) is 31.4 Å². The van der Waals surface area contributed by atoms with Gasteiger partial charge in [-0.25, -0.2) is 0 Å². The van der Waals surface area contributed by atoms with E-state index in [4.69, 9.17) is 4.74 Å². The van der Waals surface area contributed by atoms with E-state index < -0.39 is 0 Å². The van der Waals surface area contributed by atoms with Crippen LogP contribution in [0.4, 0.5) is 0 Å². The first kappa shape index (κ1) is 13.6. The van der Waals surface area contributed by atoms with Gasteiger partial charge >= 0.3 is 0 Å². The Labute approximate surface area is 119 Å². The molecule has 2 rings (SSSR count). The van der Waals surface area contributed by atoms with Crippen molar-refractivity contribution in [2.45, 2.75) is 13.0 Å². The molecule has 0 spiro atoms. The number of carbonyl (C=O) groups is 1. The van der Waals surface area contributed by atoms with Gasteiger partial charge in [-0.3, -0.25) is 9.89 Å². The highest BCUT2D eigenvalue weighted by atomic mass is 79.9. The van der Waals surface area contributed by atoms with Gasteiger partial charge in [-0.1, -0.05) is 6.07 Å². The van der Waals surface area contributed by atoms with E-state index in [0.717, 1.165) is 15.8 Å².